The summed E-state index contributed by atoms with van der Waals surface area (Å²) in [5.74, 6) is 0.699. The van der Waals surface area contributed by atoms with Crippen LogP contribution < -0.4 is 10.1 Å². The Balaban J connectivity index is 2.40. The number of nitriles is 1. The molecule has 0 saturated heterocycles. The van der Waals surface area contributed by atoms with E-state index in [1.165, 1.54) is 0 Å². The van der Waals surface area contributed by atoms with Gasteiger partial charge < -0.3 is 15.2 Å². The van der Waals surface area contributed by atoms with Gasteiger partial charge in [0.1, 0.15) is 5.75 Å². The van der Waals surface area contributed by atoms with Gasteiger partial charge in [-0.1, -0.05) is 12.8 Å². The molecule has 98 valence electrons. The third-order valence-corrected chi connectivity index (χ3v) is 2.73. The van der Waals surface area contributed by atoms with Crippen LogP contribution in [0.15, 0.2) is 18.2 Å². The molecular formula is C14H20N2O2. The number of nitrogens with one attached hydrogen (secondary N) is 1. The second-order valence-electron chi connectivity index (χ2n) is 4.09. The number of benzene rings is 1. The summed E-state index contributed by atoms with van der Waals surface area (Å²) in [7, 11) is 1.60. The van der Waals surface area contributed by atoms with Gasteiger partial charge in [0.05, 0.1) is 24.4 Å². The lowest BCUT2D eigenvalue weighted by molar-refractivity contribution is 0.283. The van der Waals surface area contributed by atoms with Gasteiger partial charge in [-0.25, -0.2) is 0 Å². The Labute approximate surface area is 108 Å². The van der Waals surface area contributed by atoms with E-state index in [1.807, 2.05) is 6.07 Å². The van der Waals surface area contributed by atoms with Crippen molar-refractivity contribution in [2.75, 3.05) is 25.6 Å². The number of aliphatic hydroxyl groups excluding tert-OH is 1. The van der Waals surface area contributed by atoms with Crippen molar-refractivity contribution in [2.45, 2.75) is 25.7 Å². The Bertz CT molecular complexity index is 399. The van der Waals surface area contributed by atoms with E-state index in [0.29, 0.717) is 11.3 Å². The van der Waals surface area contributed by atoms with Crippen LogP contribution in [-0.2, 0) is 0 Å². The molecule has 4 nitrogen and oxygen atoms in total. The minimum absolute atomic E-state index is 0.275. The molecule has 18 heavy (non-hydrogen) atoms. The molecule has 0 saturated carbocycles. The molecule has 4 heteroatoms. The van der Waals surface area contributed by atoms with Gasteiger partial charge in [0.25, 0.3) is 0 Å². The topological polar surface area (TPSA) is 65.3 Å². The monoisotopic (exact) mass is 248 g/mol. The quantitative estimate of drug-likeness (QED) is 0.694. The zero-order valence-corrected chi connectivity index (χ0v) is 10.8. The van der Waals surface area contributed by atoms with Crippen molar-refractivity contribution in [1.82, 2.24) is 0 Å². The van der Waals surface area contributed by atoms with Crippen molar-refractivity contribution in [3.05, 3.63) is 23.8 Å². The summed E-state index contributed by atoms with van der Waals surface area (Å²) in [5, 5.41) is 20.8. The SMILES string of the molecule is COc1cc(C#N)ccc1NCCCCCCO. The molecule has 1 rings (SSSR count). The molecule has 0 heterocycles. The van der Waals surface area contributed by atoms with Crippen molar-refractivity contribution in [3.8, 4) is 11.8 Å². The zero-order chi connectivity index (χ0) is 13.2. The van der Waals surface area contributed by atoms with Crippen LogP contribution in [0.5, 0.6) is 5.75 Å². The fourth-order valence-corrected chi connectivity index (χ4v) is 1.72. The predicted molar refractivity (Wildman–Crippen MR) is 71.8 cm³/mol. The number of ether oxygens (including phenoxy) is 1. The maximum Gasteiger partial charge on any atom is 0.143 e. The van der Waals surface area contributed by atoms with E-state index < -0.39 is 0 Å². The van der Waals surface area contributed by atoms with Gasteiger partial charge in [0, 0.05) is 19.2 Å². The van der Waals surface area contributed by atoms with E-state index in [-0.39, 0.29) is 6.61 Å². The van der Waals surface area contributed by atoms with Crippen LogP contribution in [0, 0.1) is 11.3 Å². The number of nitrogens with zero attached hydrogens (tertiary/aromatic N) is 1. The van der Waals surface area contributed by atoms with Crippen LogP contribution in [0.25, 0.3) is 0 Å². The van der Waals surface area contributed by atoms with Crippen LogP contribution in [0.1, 0.15) is 31.2 Å². The number of methoxy groups -OCH3 is 1. The van der Waals surface area contributed by atoms with E-state index >= 15 is 0 Å². The summed E-state index contributed by atoms with van der Waals surface area (Å²) >= 11 is 0. The fourth-order valence-electron chi connectivity index (χ4n) is 1.72. The molecule has 0 atom stereocenters. The normalized spacial score (nSPS) is 9.83. The first-order valence-electron chi connectivity index (χ1n) is 6.24. The summed E-state index contributed by atoms with van der Waals surface area (Å²) in [5.41, 5.74) is 1.51. The molecular weight excluding hydrogens is 228 g/mol. The molecule has 0 aliphatic rings. The third-order valence-electron chi connectivity index (χ3n) is 2.73. The van der Waals surface area contributed by atoms with E-state index in [0.717, 1.165) is 37.9 Å². The predicted octanol–water partition coefficient (Wildman–Crippen LogP) is 2.53. The Morgan fingerprint density at radius 1 is 1.28 bits per heavy atom. The second-order valence-corrected chi connectivity index (χ2v) is 4.09. The summed E-state index contributed by atoms with van der Waals surface area (Å²) in [6, 6.07) is 7.46. The van der Waals surface area contributed by atoms with Crippen LogP contribution >= 0.6 is 0 Å². The van der Waals surface area contributed by atoms with Gasteiger partial charge in [0.15, 0.2) is 0 Å². The molecule has 0 aliphatic heterocycles. The minimum Gasteiger partial charge on any atom is -0.495 e. The average molecular weight is 248 g/mol. The van der Waals surface area contributed by atoms with E-state index in [9.17, 15) is 0 Å². The second kappa shape index (κ2) is 8.37. The smallest absolute Gasteiger partial charge is 0.143 e. The van der Waals surface area contributed by atoms with Gasteiger partial charge in [-0.3, -0.25) is 0 Å². The minimum atomic E-state index is 0.275. The molecule has 0 aliphatic carbocycles. The third kappa shape index (κ3) is 4.64. The van der Waals surface area contributed by atoms with E-state index in [2.05, 4.69) is 11.4 Å². The lowest BCUT2D eigenvalue weighted by atomic mass is 10.2. The van der Waals surface area contributed by atoms with Gasteiger partial charge in [-0.15, -0.1) is 0 Å². The number of rotatable bonds is 8. The summed E-state index contributed by atoms with van der Waals surface area (Å²) in [4.78, 5) is 0. The average Bonchev–Trinajstić information content (AvgIpc) is 2.42. The molecule has 0 aromatic heterocycles. The first-order chi connectivity index (χ1) is 8.81. The van der Waals surface area contributed by atoms with Gasteiger partial charge in [-0.05, 0) is 25.0 Å². The highest BCUT2D eigenvalue weighted by molar-refractivity contribution is 5.59. The van der Waals surface area contributed by atoms with Gasteiger partial charge in [0.2, 0.25) is 0 Å². The Kier molecular flexibility index (Phi) is 6.67. The maximum atomic E-state index is 8.80. The van der Waals surface area contributed by atoms with Crippen molar-refractivity contribution in [3.63, 3.8) is 0 Å². The summed E-state index contributed by atoms with van der Waals surface area (Å²) in [6.07, 6.45) is 4.10. The highest BCUT2D eigenvalue weighted by atomic mass is 16.5. The highest BCUT2D eigenvalue weighted by Crippen LogP contribution is 2.25. The van der Waals surface area contributed by atoms with Crippen molar-refractivity contribution in [1.29, 1.82) is 5.26 Å². The largest absolute Gasteiger partial charge is 0.495 e. The molecule has 1 aromatic carbocycles. The standard InChI is InChI=1S/C14H20N2O2/c1-18-14-10-12(11-15)6-7-13(14)16-8-4-2-3-5-9-17/h6-7,10,16-17H,2-5,8-9H2,1H3. The van der Waals surface area contributed by atoms with Crippen LogP contribution in [0.3, 0.4) is 0 Å². The zero-order valence-electron chi connectivity index (χ0n) is 10.8. The maximum absolute atomic E-state index is 8.80. The first kappa shape index (κ1) is 14.3. The highest BCUT2D eigenvalue weighted by Gasteiger charge is 2.03. The number of hydrogen-bond donors (Lipinski definition) is 2. The molecule has 0 unspecified atom stereocenters. The number of unbranched alkanes of at least 4 members (excludes halogenated alkanes) is 3. The Morgan fingerprint density at radius 2 is 2.06 bits per heavy atom. The van der Waals surface area contributed by atoms with E-state index in [4.69, 9.17) is 15.1 Å². The Hall–Kier alpha value is -1.73. The van der Waals surface area contributed by atoms with Crippen molar-refractivity contribution in [2.24, 2.45) is 0 Å². The van der Waals surface area contributed by atoms with E-state index in [1.54, 1.807) is 19.2 Å². The summed E-state index contributed by atoms with van der Waals surface area (Å²) in [6.45, 7) is 1.14. The molecule has 0 radical (unpaired) electrons. The lowest BCUT2D eigenvalue weighted by Crippen LogP contribution is -2.03. The van der Waals surface area contributed by atoms with Crippen LogP contribution in [-0.4, -0.2) is 25.4 Å². The number of aliphatic hydroxyl groups is 1. The number of anilines is 1. The molecule has 0 amide bonds. The van der Waals surface area contributed by atoms with Crippen molar-refractivity contribution >= 4 is 5.69 Å². The first-order valence-corrected chi connectivity index (χ1v) is 6.24. The lowest BCUT2D eigenvalue weighted by Gasteiger charge is -2.11. The Morgan fingerprint density at radius 3 is 2.72 bits per heavy atom. The fraction of sp³-hybridized carbons (Fsp3) is 0.500. The number of hydrogen-bond acceptors (Lipinski definition) is 4. The summed E-state index contributed by atoms with van der Waals surface area (Å²) < 4.78 is 5.24. The molecule has 1 aromatic rings. The van der Waals surface area contributed by atoms with Crippen molar-refractivity contribution < 1.29 is 9.84 Å². The van der Waals surface area contributed by atoms with Gasteiger partial charge in [-0.2, -0.15) is 5.26 Å². The molecule has 0 spiro atoms. The van der Waals surface area contributed by atoms with Crippen LogP contribution in [0.2, 0.25) is 0 Å². The van der Waals surface area contributed by atoms with Gasteiger partial charge >= 0.3 is 0 Å². The molecule has 2 N–H and O–H groups in total. The molecule has 0 bridgehead atoms. The molecule has 0 fully saturated rings. The van der Waals surface area contributed by atoms with Crippen LogP contribution in [0.4, 0.5) is 5.69 Å².